The second-order valence-electron chi connectivity index (χ2n) is 6.52. The van der Waals surface area contributed by atoms with Crippen LogP contribution in [0.3, 0.4) is 0 Å². The number of likely N-dealkylation sites (tertiary alicyclic amines) is 1. The van der Waals surface area contributed by atoms with Gasteiger partial charge in [-0.05, 0) is 57.5 Å². The minimum atomic E-state index is 0.574. The molecular weight excluding hydrogens is 262 g/mol. The van der Waals surface area contributed by atoms with E-state index in [0.29, 0.717) is 12.0 Å². The number of likely N-dealkylation sites (N-methyl/N-ethyl adjacent to an activating group) is 1. The Balaban J connectivity index is 1.45. The van der Waals surface area contributed by atoms with Crippen LogP contribution in [0.2, 0.25) is 0 Å². The fourth-order valence-corrected chi connectivity index (χ4v) is 3.20. The Hall–Kier alpha value is -1.55. The molecule has 0 bridgehead atoms. The number of piperidine rings is 1. The van der Waals surface area contributed by atoms with Crippen LogP contribution in [-0.2, 0) is 0 Å². The van der Waals surface area contributed by atoms with E-state index >= 15 is 0 Å². The minimum Gasteiger partial charge on any atom is -0.440 e. The van der Waals surface area contributed by atoms with Gasteiger partial charge in [0.05, 0.1) is 0 Å². The summed E-state index contributed by atoms with van der Waals surface area (Å²) in [6, 6.07) is 6.91. The molecule has 2 fully saturated rings. The SMILES string of the molecule is CN1CCCCC1CNc1ccc2oc(C3CC3)nc2c1. The first-order valence-electron chi connectivity index (χ1n) is 8.14. The number of oxazole rings is 1. The average molecular weight is 285 g/mol. The summed E-state index contributed by atoms with van der Waals surface area (Å²) in [5, 5.41) is 3.57. The molecule has 4 nitrogen and oxygen atoms in total. The molecule has 1 unspecified atom stereocenters. The van der Waals surface area contributed by atoms with E-state index in [1.165, 1.54) is 38.6 Å². The zero-order valence-corrected chi connectivity index (χ0v) is 12.6. The standard InChI is InChI=1S/C17H23N3O/c1-20-9-3-2-4-14(20)11-18-13-7-8-16-15(10-13)19-17(21-16)12-5-6-12/h7-8,10,12,14,18H,2-6,9,11H2,1H3. The lowest BCUT2D eigenvalue weighted by molar-refractivity contribution is 0.194. The highest BCUT2D eigenvalue weighted by Crippen LogP contribution is 2.40. The molecule has 4 rings (SSSR count). The molecule has 4 heteroatoms. The van der Waals surface area contributed by atoms with E-state index in [-0.39, 0.29) is 0 Å². The predicted octanol–water partition coefficient (Wildman–Crippen LogP) is 3.60. The second kappa shape index (κ2) is 5.34. The summed E-state index contributed by atoms with van der Waals surface area (Å²) in [6.07, 6.45) is 6.44. The average Bonchev–Trinajstić information content (AvgIpc) is 3.26. The molecule has 1 aliphatic carbocycles. The van der Waals surface area contributed by atoms with E-state index in [9.17, 15) is 0 Å². The lowest BCUT2D eigenvalue weighted by Crippen LogP contribution is -2.40. The van der Waals surface area contributed by atoms with E-state index in [0.717, 1.165) is 29.2 Å². The third-order valence-electron chi connectivity index (χ3n) is 4.79. The summed E-state index contributed by atoms with van der Waals surface area (Å²) in [5.41, 5.74) is 3.05. The molecule has 0 amide bonds. The van der Waals surface area contributed by atoms with Crippen molar-refractivity contribution in [1.82, 2.24) is 9.88 Å². The number of rotatable bonds is 4. The van der Waals surface area contributed by atoms with Crippen LogP contribution < -0.4 is 5.32 Å². The third-order valence-corrected chi connectivity index (χ3v) is 4.79. The number of anilines is 1. The van der Waals surface area contributed by atoms with E-state index in [4.69, 9.17) is 4.42 Å². The van der Waals surface area contributed by atoms with Gasteiger partial charge in [-0.15, -0.1) is 0 Å². The molecule has 0 spiro atoms. The zero-order chi connectivity index (χ0) is 14.2. The molecule has 1 saturated carbocycles. The first kappa shape index (κ1) is 13.1. The van der Waals surface area contributed by atoms with Gasteiger partial charge in [-0.2, -0.15) is 0 Å². The van der Waals surface area contributed by atoms with Crippen LogP contribution in [0, 0.1) is 0 Å². The van der Waals surface area contributed by atoms with Crippen molar-refractivity contribution in [2.45, 2.75) is 44.1 Å². The van der Waals surface area contributed by atoms with E-state index in [1.54, 1.807) is 0 Å². The van der Waals surface area contributed by atoms with Gasteiger partial charge >= 0.3 is 0 Å². The van der Waals surface area contributed by atoms with Gasteiger partial charge < -0.3 is 14.6 Å². The molecule has 0 radical (unpaired) electrons. The Morgan fingerprint density at radius 3 is 3.00 bits per heavy atom. The smallest absolute Gasteiger partial charge is 0.198 e. The molecule has 2 heterocycles. The van der Waals surface area contributed by atoms with Gasteiger partial charge in [0.1, 0.15) is 5.52 Å². The quantitative estimate of drug-likeness (QED) is 0.932. The fourth-order valence-electron chi connectivity index (χ4n) is 3.20. The van der Waals surface area contributed by atoms with Gasteiger partial charge in [0, 0.05) is 24.2 Å². The van der Waals surface area contributed by atoms with Crippen molar-refractivity contribution < 1.29 is 4.42 Å². The Morgan fingerprint density at radius 2 is 2.19 bits per heavy atom. The van der Waals surface area contributed by atoms with Crippen LogP contribution in [0.1, 0.15) is 43.9 Å². The molecule has 2 aliphatic rings. The number of hydrogen-bond acceptors (Lipinski definition) is 4. The Labute approximate surface area is 125 Å². The first-order chi connectivity index (χ1) is 10.3. The van der Waals surface area contributed by atoms with Gasteiger partial charge in [0.15, 0.2) is 11.5 Å². The number of benzene rings is 1. The minimum absolute atomic E-state index is 0.574. The highest BCUT2D eigenvalue weighted by Gasteiger charge is 2.28. The van der Waals surface area contributed by atoms with Crippen molar-refractivity contribution in [3.8, 4) is 0 Å². The van der Waals surface area contributed by atoms with Crippen molar-refractivity contribution in [2.75, 3.05) is 25.5 Å². The van der Waals surface area contributed by atoms with Crippen molar-refractivity contribution in [1.29, 1.82) is 0 Å². The highest BCUT2D eigenvalue weighted by molar-refractivity contribution is 5.77. The monoisotopic (exact) mass is 285 g/mol. The molecular formula is C17H23N3O. The van der Waals surface area contributed by atoms with Crippen LogP contribution in [0.4, 0.5) is 5.69 Å². The van der Waals surface area contributed by atoms with Crippen molar-refractivity contribution in [3.63, 3.8) is 0 Å². The van der Waals surface area contributed by atoms with Crippen molar-refractivity contribution in [2.24, 2.45) is 0 Å². The molecule has 21 heavy (non-hydrogen) atoms. The number of fused-ring (bicyclic) bond motifs is 1. The van der Waals surface area contributed by atoms with Crippen LogP contribution in [0.25, 0.3) is 11.1 Å². The maximum atomic E-state index is 5.81. The maximum absolute atomic E-state index is 5.81. The first-order valence-corrected chi connectivity index (χ1v) is 8.14. The summed E-state index contributed by atoms with van der Waals surface area (Å²) in [5.74, 6) is 1.50. The maximum Gasteiger partial charge on any atom is 0.198 e. The van der Waals surface area contributed by atoms with E-state index in [2.05, 4.69) is 34.4 Å². The van der Waals surface area contributed by atoms with Crippen molar-refractivity contribution in [3.05, 3.63) is 24.1 Å². The number of nitrogens with one attached hydrogen (secondary N) is 1. The van der Waals surface area contributed by atoms with E-state index < -0.39 is 0 Å². The van der Waals surface area contributed by atoms with Gasteiger partial charge in [0.25, 0.3) is 0 Å². The highest BCUT2D eigenvalue weighted by atomic mass is 16.3. The lowest BCUT2D eigenvalue weighted by Gasteiger charge is -2.32. The fraction of sp³-hybridized carbons (Fsp3) is 0.588. The van der Waals surface area contributed by atoms with Crippen LogP contribution >= 0.6 is 0 Å². The summed E-state index contributed by atoms with van der Waals surface area (Å²) >= 11 is 0. The van der Waals surface area contributed by atoms with Gasteiger partial charge in [-0.3, -0.25) is 0 Å². The molecule has 1 saturated heterocycles. The molecule has 1 atom stereocenters. The topological polar surface area (TPSA) is 41.3 Å². The molecule has 112 valence electrons. The normalized spacial score (nSPS) is 23.6. The molecule has 2 aromatic rings. The summed E-state index contributed by atoms with van der Waals surface area (Å²) in [6.45, 7) is 2.23. The molecule has 1 aromatic carbocycles. The zero-order valence-electron chi connectivity index (χ0n) is 12.6. The van der Waals surface area contributed by atoms with Gasteiger partial charge in [0.2, 0.25) is 0 Å². The largest absolute Gasteiger partial charge is 0.440 e. The molecule has 1 aliphatic heterocycles. The summed E-state index contributed by atoms with van der Waals surface area (Å²) < 4.78 is 5.81. The van der Waals surface area contributed by atoms with Gasteiger partial charge in [-0.25, -0.2) is 4.98 Å². The van der Waals surface area contributed by atoms with Crippen LogP contribution in [0.15, 0.2) is 22.6 Å². The summed E-state index contributed by atoms with van der Waals surface area (Å²) in [4.78, 5) is 7.10. The Morgan fingerprint density at radius 1 is 1.29 bits per heavy atom. The van der Waals surface area contributed by atoms with Crippen LogP contribution in [-0.4, -0.2) is 36.1 Å². The van der Waals surface area contributed by atoms with Crippen molar-refractivity contribution >= 4 is 16.8 Å². The number of hydrogen-bond donors (Lipinski definition) is 1. The third kappa shape index (κ3) is 2.77. The predicted molar refractivity (Wildman–Crippen MR) is 84.7 cm³/mol. The number of nitrogens with zero attached hydrogens (tertiary/aromatic N) is 2. The Kier molecular flexibility index (Phi) is 3.34. The summed E-state index contributed by atoms with van der Waals surface area (Å²) in [7, 11) is 2.23. The molecule has 1 aromatic heterocycles. The number of aromatic nitrogens is 1. The Bertz CT molecular complexity index is 632. The lowest BCUT2D eigenvalue weighted by atomic mass is 10.0. The van der Waals surface area contributed by atoms with Crippen LogP contribution in [0.5, 0.6) is 0 Å². The molecule has 1 N–H and O–H groups in total. The van der Waals surface area contributed by atoms with E-state index in [1.807, 2.05) is 6.07 Å². The second-order valence-corrected chi connectivity index (χ2v) is 6.52. The van der Waals surface area contributed by atoms with Gasteiger partial charge in [-0.1, -0.05) is 6.42 Å².